The molecule has 4 heteroatoms. The molecule has 20 heavy (non-hydrogen) atoms. The monoisotopic (exact) mass is 276 g/mol. The van der Waals surface area contributed by atoms with Crippen molar-refractivity contribution in [2.24, 2.45) is 5.92 Å². The molecular weight excluding hydrogens is 252 g/mol. The van der Waals surface area contributed by atoms with Crippen molar-refractivity contribution < 1.29 is 9.90 Å². The summed E-state index contributed by atoms with van der Waals surface area (Å²) in [4.78, 5) is 11.8. The Balaban J connectivity index is 1.98. The number of rotatable bonds is 6. The molecule has 0 fully saturated rings. The first-order valence-corrected chi connectivity index (χ1v) is 7.28. The minimum absolute atomic E-state index is 0.0154. The van der Waals surface area contributed by atoms with E-state index in [1.54, 1.807) is 0 Å². The standard InChI is InChI=1S/C16H24N2O2/c1-12(2)9-17-15(20)10-18-16(11-19)8-7-13-5-3-4-6-14(13)16/h3-6,12,18-19H,7-11H2,1-2H3,(H,17,20). The Morgan fingerprint density at radius 3 is 2.85 bits per heavy atom. The van der Waals surface area contributed by atoms with Crippen LogP contribution in [0.5, 0.6) is 0 Å². The predicted molar refractivity (Wildman–Crippen MR) is 79.4 cm³/mol. The molecule has 1 aromatic rings. The zero-order valence-electron chi connectivity index (χ0n) is 12.3. The molecule has 1 aliphatic carbocycles. The fourth-order valence-electron chi connectivity index (χ4n) is 2.72. The van der Waals surface area contributed by atoms with Crippen molar-refractivity contribution in [3.63, 3.8) is 0 Å². The molecule has 1 atom stereocenters. The highest BCUT2D eigenvalue weighted by molar-refractivity contribution is 5.78. The summed E-state index contributed by atoms with van der Waals surface area (Å²) < 4.78 is 0. The summed E-state index contributed by atoms with van der Waals surface area (Å²) in [5.41, 5.74) is 1.92. The van der Waals surface area contributed by atoms with Gasteiger partial charge in [-0.1, -0.05) is 38.1 Å². The number of carbonyl (C=O) groups excluding carboxylic acids is 1. The van der Waals surface area contributed by atoms with Gasteiger partial charge in [-0.15, -0.1) is 0 Å². The highest BCUT2D eigenvalue weighted by Crippen LogP contribution is 2.36. The van der Waals surface area contributed by atoms with E-state index in [1.165, 1.54) is 5.56 Å². The molecule has 0 aromatic heterocycles. The third kappa shape index (κ3) is 3.19. The maximum atomic E-state index is 11.8. The van der Waals surface area contributed by atoms with Gasteiger partial charge in [0.2, 0.25) is 5.91 Å². The molecular formula is C16H24N2O2. The van der Waals surface area contributed by atoms with Gasteiger partial charge >= 0.3 is 0 Å². The number of aliphatic hydroxyl groups excluding tert-OH is 1. The van der Waals surface area contributed by atoms with Gasteiger partial charge in [0.05, 0.1) is 18.7 Å². The molecule has 0 radical (unpaired) electrons. The van der Waals surface area contributed by atoms with Crippen molar-refractivity contribution in [2.45, 2.75) is 32.2 Å². The van der Waals surface area contributed by atoms with Crippen molar-refractivity contribution in [3.05, 3.63) is 35.4 Å². The van der Waals surface area contributed by atoms with E-state index in [0.717, 1.165) is 18.4 Å². The van der Waals surface area contributed by atoms with E-state index in [1.807, 2.05) is 18.2 Å². The number of hydrogen-bond acceptors (Lipinski definition) is 3. The van der Waals surface area contributed by atoms with E-state index in [2.05, 4.69) is 30.5 Å². The maximum absolute atomic E-state index is 11.8. The minimum atomic E-state index is -0.467. The third-order valence-corrected chi connectivity index (χ3v) is 3.92. The molecule has 0 heterocycles. The maximum Gasteiger partial charge on any atom is 0.233 e. The van der Waals surface area contributed by atoms with Crippen LogP contribution in [-0.4, -0.2) is 30.7 Å². The highest BCUT2D eigenvalue weighted by Gasteiger charge is 2.37. The second-order valence-electron chi connectivity index (χ2n) is 5.95. The topological polar surface area (TPSA) is 61.4 Å². The van der Waals surface area contributed by atoms with Crippen LogP contribution < -0.4 is 10.6 Å². The van der Waals surface area contributed by atoms with Gasteiger partial charge in [0.15, 0.2) is 0 Å². The lowest BCUT2D eigenvalue weighted by atomic mass is 9.92. The van der Waals surface area contributed by atoms with Crippen molar-refractivity contribution in [1.29, 1.82) is 0 Å². The van der Waals surface area contributed by atoms with Crippen molar-refractivity contribution in [2.75, 3.05) is 19.7 Å². The summed E-state index contributed by atoms with van der Waals surface area (Å²) in [6.07, 6.45) is 1.78. The molecule has 0 spiro atoms. The van der Waals surface area contributed by atoms with Crippen LogP contribution in [0, 0.1) is 5.92 Å². The summed E-state index contributed by atoms with van der Waals surface area (Å²) in [5.74, 6) is 0.425. The van der Waals surface area contributed by atoms with Gasteiger partial charge in [0.25, 0.3) is 0 Å². The molecule has 0 aliphatic heterocycles. The number of nitrogens with one attached hydrogen (secondary N) is 2. The quantitative estimate of drug-likeness (QED) is 0.731. The van der Waals surface area contributed by atoms with E-state index >= 15 is 0 Å². The predicted octanol–water partition coefficient (Wildman–Crippen LogP) is 1.18. The van der Waals surface area contributed by atoms with Crippen molar-refractivity contribution >= 4 is 5.91 Å². The number of hydrogen-bond donors (Lipinski definition) is 3. The van der Waals surface area contributed by atoms with Crippen LogP contribution in [0.1, 0.15) is 31.4 Å². The van der Waals surface area contributed by atoms with Gasteiger partial charge in [-0.2, -0.15) is 0 Å². The number of aryl methyl sites for hydroxylation is 1. The van der Waals surface area contributed by atoms with Crippen LogP contribution in [0.15, 0.2) is 24.3 Å². The molecule has 2 rings (SSSR count). The Morgan fingerprint density at radius 2 is 2.15 bits per heavy atom. The summed E-state index contributed by atoms with van der Waals surface area (Å²) in [5, 5.41) is 16.0. The first kappa shape index (κ1) is 15.0. The summed E-state index contributed by atoms with van der Waals surface area (Å²) in [6.45, 7) is 5.07. The fourth-order valence-corrected chi connectivity index (χ4v) is 2.72. The van der Waals surface area contributed by atoms with Gasteiger partial charge in [-0.3, -0.25) is 10.1 Å². The molecule has 1 amide bonds. The summed E-state index contributed by atoms with van der Waals surface area (Å²) >= 11 is 0. The number of carbonyl (C=O) groups is 1. The normalized spacial score (nSPS) is 21.0. The Hall–Kier alpha value is -1.39. The van der Waals surface area contributed by atoms with Crippen LogP contribution in [0.2, 0.25) is 0 Å². The first-order valence-electron chi connectivity index (χ1n) is 7.28. The molecule has 0 saturated heterocycles. The van der Waals surface area contributed by atoms with Crippen LogP contribution >= 0.6 is 0 Å². The zero-order valence-corrected chi connectivity index (χ0v) is 12.3. The summed E-state index contributed by atoms with van der Waals surface area (Å²) in [7, 11) is 0. The number of benzene rings is 1. The van der Waals surface area contributed by atoms with Gasteiger partial charge in [0.1, 0.15) is 0 Å². The van der Waals surface area contributed by atoms with E-state index < -0.39 is 5.54 Å². The lowest BCUT2D eigenvalue weighted by molar-refractivity contribution is -0.120. The van der Waals surface area contributed by atoms with Crippen molar-refractivity contribution in [3.8, 4) is 0 Å². The van der Waals surface area contributed by atoms with Crippen molar-refractivity contribution in [1.82, 2.24) is 10.6 Å². The molecule has 3 N–H and O–H groups in total. The molecule has 4 nitrogen and oxygen atoms in total. The smallest absolute Gasteiger partial charge is 0.233 e. The third-order valence-electron chi connectivity index (χ3n) is 3.92. The van der Waals surface area contributed by atoms with Crippen LogP contribution in [-0.2, 0) is 16.8 Å². The zero-order chi connectivity index (χ0) is 14.6. The van der Waals surface area contributed by atoms with Gasteiger partial charge < -0.3 is 10.4 Å². The van der Waals surface area contributed by atoms with E-state index in [-0.39, 0.29) is 19.1 Å². The highest BCUT2D eigenvalue weighted by atomic mass is 16.3. The number of fused-ring (bicyclic) bond motifs is 1. The Bertz CT molecular complexity index is 473. The Morgan fingerprint density at radius 1 is 1.40 bits per heavy atom. The SMILES string of the molecule is CC(C)CNC(=O)CNC1(CO)CCc2ccccc21. The largest absolute Gasteiger partial charge is 0.394 e. The average molecular weight is 276 g/mol. The van der Waals surface area contributed by atoms with E-state index in [0.29, 0.717) is 12.5 Å². The van der Waals surface area contributed by atoms with Crippen LogP contribution in [0.3, 0.4) is 0 Å². The minimum Gasteiger partial charge on any atom is -0.394 e. The molecule has 1 aliphatic rings. The number of amides is 1. The average Bonchev–Trinajstić information content (AvgIpc) is 2.82. The van der Waals surface area contributed by atoms with Gasteiger partial charge in [-0.25, -0.2) is 0 Å². The molecule has 1 aromatic carbocycles. The molecule has 0 bridgehead atoms. The lowest BCUT2D eigenvalue weighted by Crippen LogP contribution is -2.48. The summed E-state index contributed by atoms with van der Waals surface area (Å²) in [6, 6.07) is 8.13. The van der Waals surface area contributed by atoms with E-state index in [4.69, 9.17) is 0 Å². The van der Waals surface area contributed by atoms with Gasteiger partial charge in [-0.05, 0) is 29.9 Å². The van der Waals surface area contributed by atoms with Crippen LogP contribution in [0.25, 0.3) is 0 Å². The van der Waals surface area contributed by atoms with E-state index in [9.17, 15) is 9.90 Å². The molecule has 0 saturated carbocycles. The second-order valence-corrected chi connectivity index (χ2v) is 5.95. The fraction of sp³-hybridized carbons (Fsp3) is 0.562. The van der Waals surface area contributed by atoms with Crippen LogP contribution in [0.4, 0.5) is 0 Å². The molecule has 110 valence electrons. The second kappa shape index (κ2) is 6.37. The first-order chi connectivity index (χ1) is 9.57. The number of aliphatic hydroxyl groups is 1. The lowest BCUT2D eigenvalue weighted by Gasteiger charge is -2.29. The van der Waals surface area contributed by atoms with Gasteiger partial charge in [0, 0.05) is 6.54 Å². The Labute approximate surface area is 120 Å². The molecule has 1 unspecified atom stereocenters. The Kier molecular flexibility index (Phi) is 4.78.